The summed E-state index contributed by atoms with van der Waals surface area (Å²) in [5, 5.41) is 16.2. The highest BCUT2D eigenvalue weighted by atomic mass is 19.3. The SMILES string of the molecule is CC(C)Oc1ccc([C@@](O)([C@@H](C)NC(=O)C(F)(F)CCc2ccc3ccccc3c2)N2CCCC2)cn1. The van der Waals surface area contributed by atoms with E-state index in [0.29, 0.717) is 24.5 Å². The average Bonchev–Trinajstić information content (AvgIpc) is 3.42. The Morgan fingerprint density at radius 2 is 1.78 bits per heavy atom. The van der Waals surface area contributed by atoms with Crippen molar-refractivity contribution in [1.82, 2.24) is 15.2 Å². The van der Waals surface area contributed by atoms with Crippen LogP contribution in [0, 0.1) is 0 Å². The maximum absolute atomic E-state index is 15.0. The molecule has 3 aromatic rings. The van der Waals surface area contributed by atoms with E-state index in [0.717, 1.165) is 29.2 Å². The molecule has 0 aliphatic carbocycles. The van der Waals surface area contributed by atoms with Crippen LogP contribution in [0.4, 0.5) is 8.78 Å². The third kappa shape index (κ3) is 6.08. The van der Waals surface area contributed by atoms with Crippen LogP contribution in [0.3, 0.4) is 0 Å². The molecule has 2 heterocycles. The summed E-state index contributed by atoms with van der Waals surface area (Å²) in [6.45, 7) is 6.48. The Kier molecular flexibility index (Phi) is 8.09. The first kappa shape index (κ1) is 26.9. The lowest BCUT2D eigenvalue weighted by Gasteiger charge is -2.42. The number of carbonyl (C=O) groups is 1. The first-order chi connectivity index (χ1) is 17.6. The summed E-state index contributed by atoms with van der Waals surface area (Å²) in [6.07, 6.45) is 2.58. The minimum Gasteiger partial charge on any atom is -0.475 e. The van der Waals surface area contributed by atoms with Crippen molar-refractivity contribution in [1.29, 1.82) is 0 Å². The normalized spacial score (nSPS) is 17.1. The highest BCUT2D eigenvalue weighted by molar-refractivity contribution is 5.84. The van der Waals surface area contributed by atoms with Gasteiger partial charge < -0.3 is 15.2 Å². The number of aliphatic hydroxyl groups is 1. The molecular weight excluding hydrogens is 476 g/mol. The molecular formula is C29H35F2N3O3. The van der Waals surface area contributed by atoms with E-state index in [9.17, 15) is 18.7 Å². The molecule has 1 aliphatic rings. The van der Waals surface area contributed by atoms with Gasteiger partial charge in [-0.15, -0.1) is 0 Å². The lowest BCUT2D eigenvalue weighted by atomic mass is 9.94. The largest absolute Gasteiger partial charge is 0.475 e. The van der Waals surface area contributed by atoms with Crippen molar-refractivity contribution >= 4 is 16.7 Å². The summed E-state index contributed by atoms with van der Waals surface area (Å²) in [7, 11) is 0. The van der Waals surface area contributed by atoms with Gasteiger partial charge in [0.15, 0.2) is 5.72 Å². The Labute approximate surface area is 216 Å². The van der Waals surface area contributed by atoms with Gasteiger partial charge in [-0.3, -0.25) is 9.69 Å². The number of hydrogen-bond donors (Lipinski definition) is 2. The topological polar surface area (TPSA) is 74.7 Å². The summed E-state index contributed by atoms with van der Waals surface area (Å²) >= 11 is 0. The Hall–Kier alpha value is -3.10. The van der Waals surface area contributed by atoms with Crippen LogP contribution in [0.5, 0.6) is 5.88 Å². The van der Waals surface area contributed by atoms with Gasteiger partial charge >= 0.3 is 5.92 Å². The first-order valence-corrected chi connectivity index (χ1v) is 12.9. The highest BCUT2D eigenvalue weighted by Gasteiger charge is 2.47. The van der Waals surface area contributed by atoms with Crippen LogP contribution in [-0.4, -0.2) is 52.1 Å². The molecule has 1 fully saturated rings. The molecule has 198 valence electrons. The third-order valence-electron chi connectivity index (χ3n) is 6.93. The Morgan fingerprint density at radius 1 is 1.08 bits per heavy atom. The van der Waals surface area contributed by atoms with Gasteiger partial charge in [-0.25, -0.2) is 4.98 Å². The standard InChI is InChI=1S/C29H35F2N3O3/c1-20(2)37-26-13-12-25(19-32-26)29(36,34-16-6-7-17-34)21(3)33-27(35)28(30,31)15-14-22-10-11-23-8-4-5-9-24(23)18-22/h4-5,8-13,18-21,36H,6-7,14-17H2,1-3H3,(H,33,35)/t21-,29+/m1/s1. The molecule has 1 amide bonds. The van der Waals surface area contributed by atoms with Gasteiger partial charge in [-0.1, -0.05) is 42.5 Å². The minimum atomic E-state index is -3.60. The van der Waals surface area contributed by atoms with Gasteiger partial charge in [0.1, 0.15) is 0 Å². The molecule has 1 saturated heterocycles. The van der Waals surface area contributed by atoms with Crippen molar-refractivity contribution in [3.05, 3.63) is 71.9 Å². The van der Waals surface area contributed by atoms with Crippen LogP contribution in [-0.2, 0) is 16.9 Å². The van der Waals surface area contributed by atoms with E-state index in [4.69, 9.17) is 4.74 Å². The smallest absolute Gasteiger partial charge is 0.324 e. The van der Waals surface area contributed by atoms with Crippen LogP contribution < -0.4 is 10.1 Å². The molecule has 2 atom stereocenters. The number of rotatable bonds is 10. The van der Waals surface area contributed by atoms with Gasteiger partial charge in [0.2, 0.25) is 5.88 Å². The van der Waals surface area contributed by atoms with Gasteiger partial charge in [0, 0.05) is 37.3 Å². The van der Waals surface area contributed by atoms with Gasteiger partial charge in [-0.2, -0.15) is 8.78 Å². The van der Waals surface area contributed by atoms with Crippen molar-refractivity contribution in [2.24, 2.45) is 0 Å². The zero-order valence-electron chi connectivity index (χ0n) is 21.6. The molecule has 0 unspecified atom stereocenters. The molecule has 0 spiro atoms. The zero-order chi connectivity index (χ0) is 26.6. The summed E-state index contributed by atoms with van der Waals surface area (Å²) in [4.78, 5) is 18.8. The number of ether oxygens (including phenoxy) is 1. The molecule has 0 saturated carbocycles. The molecule has 8 heteroatoms. The Bertz CT molecular complexity index is 1210. The van der Waals surface area contributed by atoms with Crippen molar-refractivity contribution < 1.29 is 23.4 Å². The number of likely N-dealkylation sites (tertiary alicyclic amines) is 1. The van der Waals surface area contributed by atoms with Gasteiger partial charge in [0.25, 0.3) is 5.91 Å². The molecule has 2 N–H and O–H groups in total. The minimum absolute atomic E-state index is 0.0528. The van der Waals surface area contributed by atoms with E-state index in [1.165, 1.54) is 6.20 Å². The number of amides is 1. The predicted octanol–water partition coefficient (Wildman–Crippen LogP) is 5.04. The van der Waals surface area contributed by atoms with Crippen LogP contribution in [0.2, 0.25) is 0 Å². The summed E-state index contributed by atoms with van der Waals surface area (Å²) in [6, 6.07) is 15.6. The molecule has 2 aromatic carbocycles. The lowest BCUT2D eigenvalue weighted by molar-refractivity contribution is -0.159. The van der Waals surface area contributed by atoms with E-state index in [-0.39, 0.29) is 12.5 Å². The maximum Gasteiger partial charge on any atom is 0.324 e. The van der Waals surface area contributed by atoms with Crippen LogP contribution in [0.1, 0.15) is 51.2 Å². The van der Waals surface area contributed by atoms with Crippen LogP contribution in [0.25, 0.3) is 10.8 Å². The van der Waals surface area contributed by atoms with E-state index in [1.807, 2.05) is 61.2 Å². The Morgan fingerprint density at radius 3 is 2.43 bits per heavy atom. The summed E-state index contributed by atoms with van der Waals surface area (Å²) in [5.41, 5.74) is -0.537. The number of carbonyl (C=O) groups excluding carboxylic acids is 1. The number of benzene rings is 2. The van der Waals surface area contributed by atoms with E-state index < -0.39 is 30.0 Å². The van der Waals surface area contributed by atoms with E-state index in [2.05, 4.69) is 10.3 Å². The van der Waals surface area contributed by atoms with Crippen molar-refractivity contribution in [3.63, 3.8) is 0 Å². The number of nitrogens with one attached hydrogen (secondary N) is 1. The van der Waals surface area contributed by atoms with E-state index in [1.54, 1.807) is 19.1 Å². The summed E-state index contributed by atoms with van der Waals surface area (Å²) < 4.78 is 35.6. The fourth-order valence-corrected chi connectivity index (χ4v) is 4.89. The number of fused-ring (bicyclic) bond motifs is 1. The van der Waals surface area contributed by atoms with Crippen molar-refractivity contribution in [3.8, 4) is 5.88 Å². The molecule has 1 aliphatic heterocycles. The fourth-order valence-electron chi connectivity index (χ4n) is 4.89. The number of aromatic nitrogens is 1. The number of alkyl halides is 2. The number of halogens is 2. The molecule has 37 heavy (non-hydrogen) atoms. The third-order valence-corrected chi connectivity index (χ3v) is 6.93. The number of aryl methyl sites for hydroxylation is 1. The van der Waals surface area contributed by atoms with Crippen molar-refractivity contribution in [2.45, 2.75) is 70.2 Å². The second-order valence-electron chi connectivity index (χ2n) is 10.1. The lowest BCUT2D eigenvalue weighted by Crippen LogP contribution is -2.60. The van der Waals surface area contributed by atoms with E-state index >= 15 is 0 Å². The van der Waals surface area contributed by atoms with Crippen LogP contribution in [0.15, 0.2) is 60.8 Å². The second-order valence-corrected chi connectivity index (χ2v) is 10.1. The van der Waals surface area contributed by atoms with Crippen LogP contribution >= 0.6 is 0 Å². The molecule has 0 radical (unpaired) electrons. The molecule has 6 nitrogen and oxygen atoms in total. The zero-order valence-corrected chi connectivity index (χ0v) is 21.6. The van der Waals surface area contributed by atoms with Gasteiger partial charge in [0.05, 0.1) is 12.1 Å². The quantitative estimate of drug-likeness (QED) is 0.399. The molecule has 4 rings (SSSR count). The highest BCUT2D eigenvalue weighted by Crippen LogP contribution is 2.34. The van der Waals surface area contributed by atoms with Gasteiger partial charge in [-0.05, 0) is 62.4 Å². The molecule has 1 aromatic heterocycles. The number of nitrogens with zero attached hydrogens (tertiary/aromatic N) is 2. The maximum atomic E-state index is 15.0. The first-order valence-electron chi connectivity index (χ1n) is 12.9. The summed E-state index contributed by atoms with van der Waals surface area (Å²) in [5.74, 6) is -4.59. The molecule has 0 bridgehead atoms. The fraction of sp³-hybridized carbons (Fsp3) is 0.448. The second kappa shape index (κ2) is 11.1. The Balaban J connectivity index is 1.47. The number of hydrogen-bond acceptors (Lipinski definition) is 5. The monoisotopic (exact) mass is 511 g/mol. The predicted molar refractivity (Wildman–Crippen MR) is 140 cm³/mol. The number of pyridine rings is 1. The van der Waals surface area contributed by atoms with Crippen molar-refractivity contribution in [2.75, 3.05) is 13.1 Å². The average molecular weight is 512 g/mol.